The predicted molar refractivity (Wildman–Crippen MR) is 120 cm³/mol. The second-order valence-corrected chi connectivity index (χ2v) is 9.14. The van der Waals surface area contributed by atoms with Crippen molar-refractivity contribution in [1.29, 1.82) is 0 Å². The maximum Gasteiger partial charge on any atom is 0.242 e. The molecule has 31 heavy (non-hydrogen) atoms. The van der Waals surface area contributed by atoms with Crippen molar-refractivity contribution in [2.24, 2.45) is 11.8 Å². The molecule has 0 radical (unpaired) electrons. The molecule has 2 aliphatic rings. The number of methoxy groups -OCH3 is 1. The van der Waals surface area contributed by atoms with Crippen LogP contribution in [0.4, 0.5) is 5.69 Å². The Morgan fingerprint density at radius 2 is 1.81 bits per heavy atom. The summed E-state index contributed by atoms with van der Waals surface area (Å²) in [5.41, 5.74) is 0.745. The lowest BCUT2D eigenvalue weighted by Crippen LogP contribution is -2.51. The summed E-state index contributed by atoms with van der Waals surface area (Å²) < 4.78 is 5.16. The van der Waals surface area contributed by atoms with Crippen molar-refractivity contribution in [2.45, 2.75) is 70.9 Å². The molecule has 1 aliphatic heterocycles. The van der Waals surface area contributed by atoms with Crippen LogP contribution >= 0.6 is 0 Å². The van der Waals surface area contributed by atoms with Crippen LogP contribution in [-0.2, 0) is 14.4 Å². The molecule has 0 aromatic heterocycles. The molecule has 1 heterocycles. The van der Waals surface area contributed by atoms with Gasteiger partial charge >= 0.3 is 0 Å². The van der Waals surface area contributed by atoms with E-state index < -0.39 is 12.0 Å². The van der Waals surface area contributed by atoms with E-state index in [0.29, 0.717) is 18.7 Å². The van der Waals surface area contributed by atoms with E-state index in [1.807, 2.05) is 26.0 Å². The normalized spacial score (nSPS) is 20.6. The molecule has 1 aliphatic carbocycles. The van der Waals surface area contributed by atoms with Crippen LogP contribution in [0.1, 0.15) is 58.8 Å². The van der Waals surface area contributed by atoms with E-state index in [4.69, 9.17) is 4.74 Å². The molecule has 7 heteroatoms. The third kappa shape index (κ3) is 6.21. The van der Waals surface area contributed by atoms with Gasteiger partial charge < -0.3 is 20.3 Å². The molecule has 7 nitrogen and oxygen atoms in total. The lowest BCUT2D eigenvalue weighted by atomic mass is 9.94. The average molecular weight is 430 g/mol. The maximum absolute atomic E-state index is 13.0. The molecule has 1 saturated heterocycles. The third-order valence-electron chi connectivity index (χ3n) is 6.17. The molecule has 1 saturated carbocycles. The second kappa shape index (κ2) is 10.6. The van der Waals surface area contributed by atoms with Crippen LogP contribution < -0.4 is 20.3 Å². The molecular weight excluding hydrogens is 394 g/mol. The highest BCUT2D eigenvalue weighted by Crippen LogP contribution is 2.27. The molecule has 1 aromatic rings. The molecular formula is C24H35N3O4. The molecule has 2 N–H and O–H groups in total. The number of anilines is 1. The summed E-state index contributed by atoms with van der Waals surface area (Å²) in [5, 5.41) is 6.07. The first-order valence-electron chi connectivity index (χ1n) is 11.4. The number of carbonyl (C=O) groups is 3. The van der Waals surface area contributed by atoms with E-state index in [9.17, 15) is 14.4 Å². The summed E-state index contributed by atoms with van der Waals surface area (Å²) in [4.78, 5) is 40.0. The summed E-state index contributed by atoms with van der Waals surface area (Å²) in [5.74, 6) is 0.0943. The van der Waals surface area contributed by atoms with E-state index in [0.717, 1.165) is 31.4 Å². The van der Waals surface area contributed by atoms with E-state index >= 15 is 0 Å². The van der Waals surface area contributed by atoms with Crippen LogP contribution in [-0.4, -0.2) is 43.5 Å². The van der Waals surface area contributed by atoms with Crippen molar-refractivity contribution in [1.82, 2.24) is 10.6 Å². The number of hydrogen-bond donors (Lipinski definition) is 2. The van der Waals surface area contributed by atoms with Gasteiger partial charge in [-0.15, -0.1) is 0 Å². The minimum atomic E-state index is -0.570. The first-order chi connectivity index (χ1) is 14.9. The Bertz CT molecular complexity index is 772. The summed E-state index contributed by atoms with van der Waals surface area (Å²) in [6.07, 6.45) is 6.22. The highest BCUT2D eigenvalue weighted by atomic mass is 16.5. The quantitative estimate of drug-likeness (QED) is 0.665. The summed E-state index contributed by atoms with van der Waals surface area (Å²) in [6, 6.07) is 6.85. The number of hydrogen-bond acceptors (Lipinski definition) is 4. The smallest absolute Gasteiger partial charge is 0.242 e. The second-order valence-electron chi connectivity index (χ2n) is 9.14. The van der Waals surface area contributed by atoms with Crippen molar-refractivity contribution in [3.63, 3.8) is 0 Å². The van der Waals surface area contributed by atoms with Gasteiger partial charge in [-0.2, -0.15) is 0 Å². The van der Waals surface area contributed by atoms with Gasteiger partial charge in [-0.05, 0) is 49.4 Å². The van der Waals surface area contributed by atoms with Crippen molar-refractivity contribution in [3.8, 4) is 5.75 Å². The van der Waals surface area contributed by atoms with Crippen LogP contribution in [0.3, 0.4) is 0 Å². The number of amides is 3. The number of nitrogens with zero attached hydrogens (tertiary/aromatic N) is 1. The minimum absolute atomic E-state index is 0.0858. The Labute approximate surface area is 184 Å². The van der Waals surface area contributed by atoms with Gasteiger partial charge in [0.05, 0.1) is 13.0 Å². The number of ether oxygens (including phenoxy) is 1. The van der Waals surface area contributed by atoms with Crippen LogP contribution in [0.5, 0.6) is 5.75 Å². The minimum Gasteiger partial charge on any atom is -0.497 e. The van der Waals surface area contributed by atoms with E-state index in [-0.39, 0.29) is 36.1 Å². The Hall–Kier alpha value is -2.57. The van der Waals surface area contributed by atoms with Crippen molar-refractivity contribution in [2.75, 3.05) is 18.6 Å². The molecule has 2 fully saturated rings. The molecule has 0 bridgehead atoms. The van der Waals surface area contributed by atoms with E-state index in [1.54, 1.807) is 24.1 Å². The average Bonchev–Trinajstić information content (AvgIpc) is 3.15. The van der Waals surface area contributed by atoms with Gasteiger partial charge in [0, 0.05) is 24.7 Å². The SMILES string of the molecule is COc1ccc(N2CC(C(=O)N[C@H](CC(C)C)C(=O)NC3CCCCC3)CC2=O)cc1. The summed E-state index contributed by atoms with van der Waals surface area (Å²) >= 11 is 0. The molecule has 170 valence electrons. The fourth-order valence-corrected chi connectivity index (χ4v) is 4.44. The van der Waals surface area contributed by atoms with Crippen molar-refractivity contribution < 1.29 is 19.1 Å². The van der Waals surface area contributed by atoms with Gasteiger partial charge in [0.2, 0.25) is 17.7 Å². The number of benzene rings is 1. The predicted octanol–water partition coefficient (Wildman–Crippen LogP) is 3.03. The zero-order chi connectivity index (χ0) is 22.4. The Kier molecular flexibility index (Phi) is 7.93. The van der Waals surface area contributed by atoms with Gasteiger partial charge in [-0.3, -0.25) is 14.4 Å². The van der Waals surface area contributed by atoms with Gasteiger partial charge in [-0.25, -0.2) is 0 Å². The van der Waals surface area contributed by atoms with Gasteiger partial charge in [0.15, 0.2) is 0 Å². The lowest BCUT2D eigenvalue weighted by Gasteiger charge is -2.27. The first-order valence-corrected chi connectivity index (χ1v) is 11.4. The molecule has 2 atom stereocenters. The largest absolute Gasteiger partial charge is 0.497 e. The molecule has 1 unspecified atom stereocenters. The van der Waals surface area contributed by atoms with Crippen LogP contribution in [0.2, 0.25) is 0 Å². The summed E-state index contributed by atoms with van der Waals surface area (Å²) in [7, 11) is 1.59. The highest BCUT2D eigenvalue weighted by Gasteiger charge is 2.37. The summed E-state index contributed by atoms with van der Waals surface area (Å²) in [6.45, 7) is 4.39. The van der Waals surface area contributed by atoms with Crippen LogP contribution in [0.15, 0.2) is 24.3 Å². The van der Waals surface area contributed by atoms with E-state index in [1.165, 1.54) is 6.42 Å². The number of nitrogens with one attached hydrogen (secondary N) is 2. The molecule has 1 aromatic carbocycles. The topological polar surface area (TPSA) is 87.7 Å². The number of carbonyl (C=O) groups excluding carboxylic acids is 3. The van der Waals surface area contributed by atoms with Crippen molar-refractivity contribution >= 4 is 23.4 Å². The van der Waals surface area contributed by atoms with Gasteiger partial charge in [0.1, 0.15) is 11.8 Å². The molecule has 3 amide bonds. The van der Waals surface area contributed by atoms with Gasteiger partial charge in [0.25, 0.3) is 0 Å². The highest BCUT2D eigenvalue weighted by molar-refractivity contribution is 6.01. The third-order valence-corrected chi connectivity index (χ3v) is 6.17. The zero-order valence-electron chi connectivity index (χ0n) is 18.9. The van der Waals surface area contributed by atoms with E-state index in [2.05, 4.69) is 10.6 Å². The maximum atomic E-state index is 13.0. The zero-order valence-corrected chi connectivity index (χ0v) is 18.9. The molecule has 0 spiro atoms. The van der Waals surface area contributed by atoms with Gasteiger partial charge in [-0.1, -0.05) is 33.1 Å². The fourth-order valence-electron chi connectivity index (χ4n) is 4.44. The lowest BCUT2D eigenvalue weighted by molar-refractivity contribution is -0.132. The molecule has 3 rings (SSSR count). The first kappa shape index (κ1) is 23.1. The Balaban J connectivity index is 1.61. The van der Waals surface area contributed by atoms with Crippen LogP contribution in [0, 0.1) is 11.8 Å². The van der Waals surface area contributed by atoms with Crippen molar-refractivity contribution in [3.05, 3.63) is 24.3 Å². The Morgan fingerprint density at radius 3 is 2.42 bits per heavy atom. The van der Waals surface area contributed by atoms with Crippen LogP contribution in [0.25, 0.3) is 0 Å². The monoisotopic (exact) mass is 429 g/mol. The standard InChI is InChI=1S/C24H35N3O4/c1-16(2)13-21(24(30)25-18-7-5-4-6-8-18)26-23(29)17-14-22(28)27(15-17)19-9-11-20(31-3)12-10-19/h9-12,16-18,21H,4-8,13-15H2,1-3H3,(H,25,30)(H,26,29)/t17?,21-/m1/s1. The fraction of sp³-hybridized carbons (Fsp3) is 0.625. The Morgan fingerprint density at radius 1 is 1.13 bits per heavy atom. The number of rotatable bonds is 8.